The molecular weight excluding hydrogens is 420 g/mol. The molecule has 0 unspecified atom stereocenters. The van der Waals surface area contributed by atoms with Crippen LogP contribution in [0.25, 0.3) is 16.9 Å². The van der Waals surface area contributed by atoms with Gasteiger partial charge in [0.05, 0.1) is 30.4 Å². The van der Waals surface area contributed by atoms with Gasteiger partial charge in [0.1, 0.15) is 11.9 Å². The standard InChI is InChI=1S/C22H25F2N5O3/c23-20(24)21-25-16-3-1-2-4-17(16)29(21)18-13-19(32-15-7-5-14(30)6-8-15)27-22(26-18)28-9-11-31-12-10-28/h1-4,13-15,20,30H,5-12H2/t14-,15-. The molecule has 32 heavy (non-hydrogen) atoms. The molecule has 3 aromatic rings. The van der Waals surface area contributed by atoms with Gasteiger partial charge in [-0.05, 0) is 37.8 Å². The molecule has 170 valence electrons. The fraction of sp³-hybridized carbons (Fsp3) is 0.500. The van der Waals surface area contributed by atoms with Crippen molar-refractivity contribution in [3.63, 3.8) is 0 Å². The SMILES string of the molecule is O[C@H]1CC[C@H](Oc2cc(-n3c(C(F)F)nc4ccccc43)nc(N3CCOCC3)n2)CC1. The van der Waals surface area contributed by atoms with E-state index in [0.717, 1.165) is 0 Å². The lowest BCUT2D eigenvalue weighted by molar-refractivity contribution is 0.0642. The van der Waals surface area contributed by atoms with Gasteiger partial charge < -0.3 is 19.5 Å². The van der Waals surface area contributed by atoms with E-state index in [9.17, 15) is 13.9 Å². The summed E-state index contributed by atoms with van der Waals surface area (Å²) in [6.07, 6.45) is -0.402. The molecule has 2 aromatic heterocycles. The summed E-state index contributed by atoms with van der Waals surface area (Å²) in [6.45, 7) is 2.29. The van der Waals surface area contributed by atoms with Gasteiger partial charge in [0.15, 0.2) is 5.82 Å². The van der Waals surface area contributed by atoms with Crippen molar-refractivity contribution in [2.24, 2.45) is 0 Å². The van der Waals surface area contributed by atoms with Gasteiger partial charge in [0.2, 0.25) is 11.8 Å². The molecule has 0 atom stereocenters. The van der Waals surface area contributed by atoms with Crippen LogP contribution in [0.3, 0.4) is 0 Å². The predicted molar refractivity (Wildman–Crippen MR) is 114 cm³/mol. The molecule has 0 spiro atoms. The first-order chi connectivity index (χ1) is 15.6. The van der Waals surface area contributed by atoms with E-state index in [1.165, 1.54) is 4.57 Å². The Hall–Kier alpha value is -2.85. The molecule has 0 amide bonds. The van der Waals surface area contributed by atoms with Crippen LogP contribution in [0.1, 0.15) is 37.9 Å². The van der Waals surface area contributed by atoms with Crippen molar-refractivity contribution >= 4 is 17.0 Å². The number of benzene rings is 1. The number of aromatic nitrogens is 4. The molecule has 1 aromatic carbocycles. The maximum absolute atomic E-state index is 13.9. The highest BCUT2D eigenvalue weighted by Gasteiger charge is 2.25. The van der Waals surface area contributed by atoms with Gasteiger partial charge in [0.25, 0.3) is 6.43 Å². The fourth-order valence-electron chi connectivity index (χ4n) is 4.25. The van der Waals surface area contributed by atoms with E-state index >= 15 is 0 Å². The van der Waals surface area contributed by atoms with E-state index < -0.39 is 6.43 Å². The Morgan fingerprint density at radius 3 is 2.53 bits per heavy atom. The summed E-state index contributed by atoms with van der Waals surface area (Å²) in [5.41, 5.74) is 1.01. The maximum Gasteiger partial charge on any atom is 0.296 e. The number of alkyl halides is 2. The summed E-state index contributed by atoms with van der Waals surface area (Å²) in [6, 6.07) is 8.58. The lowest BCUT2D eigenvalue weighted by Gasteiger charge is -2.29. The van der Waals surface area contributed by atoms with E-state index in [1.54, 1.807) is 30.3 Å². The molecular formula is C22H25F2N5O3. The number of morpholine rings is 1. The second kappa shape index (κ2) is 8.95. The van der Waals surface area contributed by atoms with Crippen LogP contribution in [0.5, 0.6) is 5.88 Å². The Balaban J connectivity index is 1.58. The Bertz CT molecular complexity index is 1080. The number of para-hydroxylation sites is 2. The van der Waals surface area contributed by atoms with Crippen LogP contribution < -0.4 is 9.64 Å². The number of halogens is 2. The van der Waals surface area contributed by atoms with Gasteiger partial charge in [-0.2, -0.15) is 9.97 Å². The molecule has 0 bridgehead atoms. The summed E-state index contributed by atoms with van der Waals surface area (Å²) in [5, 5.41) is 9.78. The van der Waals surface area contributed by atoms with Crippen LogP contribution in [0.4, 0.5) is 14.7 Å². The number of anilines is 1. The van der Waals surface area contributed by atoms with Crippen LogP contribution in [0, 0.1) is 0 Å². The number of hydrogen-bond donors (Lipinski definition) is 1. The van der Waals surface area contributed by atoms with E-state index in [1.807, 2.05) is 4.90 Å². The van der Waals surface area contributed by atoms with E-state index in [0.29, 0.717) is 74.8 Å². The molecule has 1 saturated carbocycles. The average Bonchev–Trinajstić information content (AvgIpc) is 3.21. The second-order valence-electron chi connectivity index (χ2n) is 8.11. The Labute approximate surface area is 183 Å². The number of nitrogens with zero attached hydrogens (tertiary/aromatic N) is 5. The summed E-state index contributed by atoms with van der Waals surface area (Å²) >= 11 is 0. The van der Waals surface area contributed by atoms with Crippen molar-refractivity contribution in [1.82, 2.24) is 19.5 Å². The Morgan fingerprint density at radius 2 is 1.78 bits per heavy atom. The minimum atomic E-state index is -2.77. The number of fused-ring (bicyclic) bond motifs is 1. The summed E-state index contributed by atoms with van der Waals surface area (Å²) in [5.74, 6) is 0.659. The molecule has 2 aliphatic rings. The van der Waals surface area contributed by atoms with Crippen LogP contribution in [-0.4, -0.2) is 63.1 Å². The molecule has 3 heterocycles. The largest absolute Gasteiger partial charge is 0.474 e. The molecule has 1 aliphatic carbocycles. The van der Waals surface area contributed by atoms with Crippen LogP contribution in [0.2, 0.25) is 0 Å². The van der Waals surface area contributed by atoms with Crippen molar-refractivity contribution in [2.45, 2.75) is 44.3 Å². The fourth-order valence-corrected chi connectivity index (χ4v) is 4.25. The van der Waals surface area contributed by atoms with Crippen LogP contribution in [-0.2, 0) is 4.74 Å². The van der Waals surface area contributed by atoms with Crippen molar-refractivity contribution in [3.05, 3.63) is 36.2 Å². The quantitative estimate of drug-likeness (QED) is 0.645. The smallest absolute Gasteiger partial charge is 0.296 e. The summed E-state index contributed by atoms with van der Waals surface area (Å²) in [4.78, 5) is 15.3. The Kier molecular flexibility index (Phi) is 5.88. The molecule has 8 nitrogen and oxygen atoms in total. The van der Waals surface area contributed by atoms with E-state index in [-0.39, 0.29) is 23.9 Å². The zero-order chi connectivity index (χ0) is 22.1. The van der Waals surface area contributed by atoms with Crippen LogP contribution >= 0.6 is 0 Å². The van der Waals surface area contributed by atoms with Crippen molar-refractivity contribution in [2.75, 3.05) is 31.2 Å². The summed E-state index contributed by atoms with van der Waals surface area (Å²) in [7, 11) is 0. The lowest BCUT2D eigenvalue weighted by Crippen LogP contribution is -2.37. The molecule has 2 fully saturated rings. The number of aliphatic hydroxyl groups is 1. The number of aliphatic hydroxyl groups excluding tert-OH is 1. The topological polar surface area (TPSA) is 85.5 Å². The Morgan fingerprint density at radius 1 is 1.03 bits per heavy atom. The third-order valence-corrected chi connectivity index (χ3v) is 5.91. The van der Waals surface area contributed by atoms with E-state index in [2.05, 4.69) is 15.0 Å². The van der Waals surface area contributed by atoms with Crippen LogP contribution in [0.15, 0.2) is 30.3 Å². The molecule has 0 radical (unpaired) electrons. The van der Waals surface area contributed by atoms with E-state index in [4.69, 9.17) is 9.47 Å². The maximum atomic E-state index is 13.9. The number of hydrogen-bond acceptors (Lipinski definition) is 7. The minimum Gasteiger partial charge on any atom is -0.474 e. The number of rotatable bonds is 5. The molecule has 1 N–H and O–H groups in total. The van der Waals surface area contributed by atoms with Crippen molar-refractivity contribution < 1.29 is 23.4 Å². The predicted octanol–water partition coefficient (Wildman–Crippen LogP) is 3.27. The first-order valence-electron chi connectivity index (χ1n) is 10.9. The number of ether oxygens (including phenoxy) is 2. The molecule has 5 rings (SSSR count). The normalized spacial score (nSPS) is 21.9. The van der Waals surface area contributed by atoms with Gasteiger partial charge in [-0.1, -0.05) is 12.1 Å². The second-order valence-corrected chi connectivity index (χ2v) is 8.11. The lowest BCUT2D eigenvalue weighted by atomic mass is 9.95. The third kappa shape index (κ3) is 4.24. The third-order valence-electron chi connectivity index (χ3n) is 5.91. The van der Waals surface area contributed by atoms with Gasteiger partial charge in [-0.3, -0.25) is 4.57 Å². The van der Waals surface area contributed by atoms with Crippen molar-refractivity contribution in [1.29, 1.82) is 0 Å². The van der Waals surface area contributed by atoms with Gasteiger partial charge in [0, 0.05) is 19.2 Å². The first kappa shape index (κ1) is 21.0. The van der Waals surface area contributed by atoms with Gasteiger partial charge in [-0.25, -0.2) is 13.8 Å². The zero-order valence-corrected chi connectivity index (χ0v) is 17.5. The summed E-state index contributed by atoms with van der Waals surface area (Å²) < 4.78 is 40.8. The molecule has 1 saturated heterocycles. The highest BCUT2D eigenvalue weighted by molar-refractivity contribution is 5.78. The molecule has 1 aliphatic heterocycles. The monoisotopic (exact) mass is 445 g/mol. The minimum absolute atomic E-state index is 0.0900. The average molecular weight is 445 g/mol. The first-order valence-corrected chi connectivity index (χ1v) is 10.9. The molecule has 10 heteroatoms. The van der Waals surface area contributed by atoms with Gasteiger partial charge >= 0.3 is 0 Å². The van der Waals surface area contributed by atoms with Gasteiger partial charge in [-0.15, -0.1) is 0 Å². The van der Waals surface area contributed by atoms with Crippen molar-refractivity contribution in [3.8, 4) is 11.7 Å². The number of imidazole rings is 1. The highest BCUT2D eigenvalue weighted by Crippen LogP contribution is 2.30. The zero-order valence-electron chi connectivity index (χ0n) is 17.5. The highest BCUT2D eigenvalue weighted by atomic mass is 19.3.